The van der Waals surface area contributed by atoms with E-state index in [0.717, 1.165) is 17.0 Å². The molecule has 0 saturated heterocycles. The number of amides is 1. The van der Waals surface area contributed by atoms with Crippen molar-refractivity contribution >= 4 is 5.91 Å². The van der Waals surface area contributed by atoms with Crippen LogP contribution in [-0.4, -0.2) is 29.2 Å². The highest BCUT2D eigenvalue weighted by Crippen LogP contribution is 2.32. The Bertz CT molecular complexity index is 631. The molecule has 0 spiro atoms. The quantitative estimate of drug-likeness (QED) is 0.890. The van der Waals surface area contributed by atoms with Gasteiger partial charge >= 0.3 is 0 Å². The lowest BCUT2D eigenvalue weighted by Crippen LogP contribution is -2.27. The van der Waals surface area contributed by atoms with Crippen molar-refractivity contribution in [1.82, 2.24) is 15.3 Å². The van der Waals surface area contributed by atoms with Crippen molar-refractivity contribution < 1.29 is 14.3 Å². The fraction of sp³-hybridized carbons (Fsp3) is 0.267. The minimum Gasteiger partial charge on any atom is -0.454 e. The molecule has 0 unspecified atom stereocenters. The van der Waals surface area contributed by atoms with Gasteiger partial charge in [0.15, 0.2) is 11.5 Å². The minimum absolute atomic E-state index is 0.0299. The van der Waals surface area contributed by atoms with Gasteiger partial charge in [0, 0.05) is 31.6 Å². The second kappa shape index (κ2) is 6.21. The molecule has 2 heterocycles. The zero-order valence-corrected chi connectivity index (χ0v) is 11.4. The second-order valence-corrected chi connectivity index (χ2v) is 4.66. The molecular formula is C15H15N3O3. The van der Waals surface area contributed by atoms with Crippen LogP contribution in [0, 0.1) is 0 Å². The fourth-order valence-corrected chi connectivity index (χ4v) is 2.09. The summed E-state index contributed by atoms with van der Waals surface area (Å²) in [4.78, 5) is 20.0. The monoisotopic (exact) mass is 285 g/mol. The maximum atomic E-state index is 11.9. The van der Waals surface area contributed by atoms with E-state index >= 15 is 0 Å². The van der Waals surface area contributed by atoms with Crippen molar-refractivity contribution in [3.63, 3.8) is 0 Å². The third-order valence-corrected chi connectivity index (χ3v) is 3.12. The summed E-state index contributed by atoms with van der Waals surface area (Å²) < 4.78 is 10.5. The summed E-state index contributed by atoms with van der Waals surface area (Å²) >= 11 is 0. The summed E-state index contributed by atoms with van der Waals surface area (Å²) in [5.74, 6) is 1.39. The van der Waals surface area contributed by atoms with Crippen molar-refractivity contribution in [3.05, 3.63) is 48.0 Å². The summed E-state index contributed by atoms with van der Waals surface area (Å²) in [6, 6.07) is 5.53. The zero-order chi connectivity index (χ0) is 14.5. The van der Waals surface area contributed by atoms with Gasteiger partial charge in [-0.1, -0.05) is 6.07 Å². The first-order valence-corrected chi connectivity index (χ1v) is 6.71. The molecule has 6 heteroatoms. The maximum Gasteiger partial charge on any atom is 0.231 e. The number of rotatable bonds is 5. The number of nitrogens with one attached hydrogen (secondary N) is 1. The van der Waals surface area contributed by atoms with Crippen molar-refractivity contribution in [2.45, 2.75) is 12.8 Å². The van der Waals surface area contributed by atoms with Crippen LogP contribution in [-0.2, 0) is 17.6 Å². The molecule has 0 bridgehead atoms. The Kier molecular flexibility index (Phi) is 3.95. The van der Waals surface area contributed by atoms with Crippen molar-refractivity contribution in [2.75, 3.05) is 13.3 Å². The number of carbonyl (C=O) groups excluding carboxylic acids is 1. The van der Waals surface area contributed by atoms with E-state index in [1.165, 1.54) is 0 Å². The number of aromatic nitrogens is 2. The Morgan fingerprint density at radius 1 is 1.24 bits per heavy atom. The average molecular weight is 285 g/mol. The first-order chi connectivity index (χ1) is 10.3. The predicted octanol–water partition coefficient (Wildman–Crippen LogP) is 1.11. The van der Waals surface area contributed by atoms with Gasteiger partial charge < -0.3 is 14.8 Å². The molecule has 0 radical (unpaired) electrons. The average Bonchev–Trinajstić information content (AvgIpc) is 2.96. The lowest BCUT2D eigenvalue weighted by molar-refractivity contribution is -0.120. The molecule has 0 saturated carbocycles. The Hall–Kier alpha value is -2.63. The topological polar surface area (TPSA) is 73.3 Å². The van der Waals surface area contributed by atoms with E-state index in [-0.39, 0.29) is 12.7 Å². The van der Waals surface area contributed by atoms with Crippen LogP contribution >= 0.6 is 0 Å². The van der Waals surface area contributed by atoms with Crippen molar-refractivity contribution in [2.24, 2.45) is 0 Å². The van der Waals surface area contributed by atoms with Gasteiger partial charge in [0.05, 0.1) is 12.1 Å². The molecule has 0 aliphatic carbocycles. The number of fused-ring (bicyclic) bond motifs is 1. The molecule has 108 valence electrons. The van der Waals surface area contributed by atoms with Crippen LogP contribution in [0.15, 0.2) is 36.8 Å². The van der Waals surface area contributed by atoms with Crippen LogP contribution in [0.4, 0.5) is 0 Å². The van der Waals surface area contributed by atoms with Crippen LogP contribution in [0.5, 0.6) is 11.5 Å². The smallest absolute Gasteiger partial charge is 0.231 e. The molecular weight excluding hydrogens is 270 g/mol. The molecule has 1 N–H and O–H groups in total. The van der Waals surface area contributed by atoms with E-state index in [1.807, 2.05) is 18.2 Å². The molecule has 1 amide bonds. The molecule has 1 aliphatic rings. The number of hydrogen-bond donors (Lipinski definition) is 1. The molecule has 1 aromatic carbocycles. The molecule has 0 fully saturated rings. The van der Waals surface area contributed by atoms with Gasteiger partial charge in [0.2, 0.25) is 12.7 Å². The van der Waals surface area contributed by atoms with Gasteiger partial charge in [-0.25, -0.2) is 0 Å². The summed E-state index contributed by atoms with van der Waals surface area (Å²) in [5.41, 5.74) is 1.76. The normalized spacial score (nSPS) is 12.2. The van der Waals surface area contributed by atoms with Gasteiger partial charge in [-0.3, -0.25) is 14.8 Å². The van der Waals surface area contributed by atoms with Gasteiger partial charge in [0.1, 0.15) is 0 Å². The molecule has 0 atom stereocenters. The number of nitrogens with zero attached hydrogens (tertiary/aromatic N) is 2. The van der Waals surface area contributed by atoms with E-state index < -0.39 is 0 Å². The summed E-state index contributed by atoms with van der Waals surface area (Å²) in [6.45, 7) is 0.783. The van der Waals surface area contributed by atoms with E-state index in [0.29, 0.717) is 25.1 Å². The van der Waals surface area contributed by atoms with Gasteiger partial charge in [-0.15, -0.1) is 0 Å². The Balaban J connectivity index is 1.48. The van der Waals surface area contributed by atoms with Gasteiger partial charge in [0.25, 0.3) is 0 Å². The first kappa shape index (κ1) is 13.4. The van der Waals surface area contributed by atoms with Gasteiger partial charge in [-0.05, 0) is 17.7 Å². The van der Waals surface area contributed by atoms with Crippen LogP contribution in [0.2, 0.25) is 0 Å². The highest BCUT2D eigenvalue weighted by molar-refractivity contribution is 5.78. The van der Waals surface area contributed by atoms with Crippen LogP contribution in [0.3, 0.4) is 0 Å². The highest BCUT2D eigenvalue weighted by atomic mass is 16.7. The zero-order valence-electron chi connectivity index (χ0n) is 11.4. The summed E-state index contributed by atoms with van der Waals surface area (Å²) in [7, 11) is 0. The van der Waals surface area contributed by atoms with Crippen LogP contribution in [0.25, 0.3) is 0 Å². The largest absolute Gasteiger partial charge is 0.454 e. The van der Waals surface area contributed by atoms with E-state index in [1.54, 1.807) is 18.6 Å². The Morgan fingerprint density at radius 2 is 2.14 bits per heavy atom. The minimum atomic E-state index is -0.0299. The third kappa shape index (κ3) is 3.47. The number of carbonyl (C=O) groups is 1. The summed E-state index contributed by atoms with van der Waals surface area (Å²) in [6.07, 6.45) is 5.95. The Morgan fingerprint density at radius 3 is 3.00 bits per heavy atom. The number of hydrogen-bond acceptors (Lipinski definition) is 5. The van der Waals surface area contributed by atoms with E-state index in [9.17, 15) is 4.79 Å². The van der Waals surface area contributed by atoms with Crippen LogP contribution < -0.4 is 14.8 Å². The Labute approximate surface area is 122 Å². The summed E-state index contributed by atoms with van der Waals surface area (Å²) in [5, 5.41) is 2.87. The first-order valence-electron chi connectivity index (χ1n) is 6.71. The maximum absolute atomic E-state index is 11.9. The molecule has 3 rings (SSSR count). The molecule has 1 aliphatic heterocycles. The van der Waals surface area contributed by atoms with Crippen molar-refractivity contribution in [1.29, 1.82) is 0 Å². The predicted molar refractivity (Wildman–Crippen MR) is 75.0 cm³/mol. The molecule has 6 nitrogen and oxygen atoms in total. The highest BCUT2D eigenvalue weighted by Gasteiger charge is 2.14. The fourth-order valence-electron chi connectivity index (χ4n) is 2.09. The third-order valence-electron chi connectivity index (χ3n) is 3.12. The second-order valence-electron chi connectivity index (χ2n) is 4.66. The van der Waals surface area contributed by atoms with E-state index in [4.69, 9.17) is 9.47 Å². The standard InChI is InChI=1S/C15H15N3O3/c19-15(18-4-3-12-9-16-5-6-17-12)8-11-1-2-13-14(7-11)21-10-20-13/h1-2,5-7,9H,3-4,8,10H2,(H,18,19). The van der Waals surface area contributed by atoms with Gasteiger partial charge in [-0.2, -0.15) is 0 Å². The SMILES string of the molecule is O=C(Cc1ccc2c(c1)OCO2)NCCc1cnccn1. The lowest BCUT2D eigenvalue weighted by atomic mass is 10.1. The van der Waals surface area contributed by atoms with Crippen LogP contribution in [0.1, 0.15) is 11.3 Å². The number of ether oxygens (including phenoxy) is 2. The van der Waals surface area contributed by atoms with Crippen molar-refractivity contribution in [3.8, 4) is 11.5 Å². The van der Waals surface area contributed by atoms with E-state index in [2.05, 4.69) is 15.3 Å². The lowest BCUT2D eigenvalue weighted by Gasteiger charge is -2.05. The molecule has 2 aromatic rings. The molecule has 21 heavy (non-hydrogen) atoms. The number of benzene rings is 1. The molecule has 1 aromatic heterocycles.